The van der Waals surface area contributed by atoms with Gasteiger partial charge >= 0.3 is 6.18 Å². The second kappa shape index (κ2) is 4.08. The van der Waals surface area contributed by atoms with Gasteiger partial charge in [0.15, 0.2) is 6.29 Å². The summed E-state index contributed by atoms with van der Waals surface area (Å²) in [5.41, 5.74) is -0.631. The summed E-state index contributed by atoms with van der Waals surface area (Å²) in [4.78, 5) is 10.7. The lowest BCUT2D eigenvalue weighted by molar-refractivity contribution is -0.137. The third-order valence-corrected chi connectivity index (χ3v) is 2.37. The zero-order chi connectivity index (χ0) is 12.5. The summed E-state index contributed by atoms with van der Waals surface area (Å²) in [5, 5.41) is 0. The lowest BCUT2D eigenvalue weighted by atomic mass is 10.1. The Kier molecular flexibility index (Phi) is 2.75. The van der Waals surface area contributed by atoms with Gasteiger partial charge in [-0.05, 0) is 24.3 Å². The van der Waals surface area contributed by atoms with Gasteiger partial charge in [-0.1, -0.05) is 12.1 Å². The number of aromatic nitrogens is 1. The monoisotopic (exact) mass is 239 g/mol. The number of carbonyl (C=O) groups is 1. The molecule has 2 nitrogen and oxygen atoms in total. The van der Waals surface area contributed by atoms with E-state index in [1.54, 1.807) is 0 Å². The van der Waals surface area contributed by atoms with Crippen LogP contribution in [0.3, 0.4) is 0 Å². The van der Waals surface area contributed by atoms with Crippen LogP contribution in [0, 0.1) is 0 Å². The van der Waals surface area contributed by atoms with Crippen molar-refractivity contribution in [3.8, 4) is 5.69 Å². The van der Waals surface area contributed by atoms with E-state index >= 15 is 0 Å². The highest BCUT2D eigenvalue weighted by molar-refractivity contribution is 5.74. The van der Waals surface area contributed by atoms with Crippen molar-refractivity contribution >= 4 is 6.29 Å². The summed E-state index contributed by atoms with van der Waals surface area (Å²) < 4.78 is 39.5. The Hall–Kier alpha value is -2.04. The van der Waals surface area contributed by atoms with Gasteiger partial charge in [0.1, 0.15) is 0 Å². The van der Waals surface area contributed by atoms with Crippen molar-refractivity contribution in [2.75, 3.05) is 0 Å². The SMILES string of the molecule is O=Cc1cccn1-c1ccccc1C(F)(F)F. The van der Waals surface area contributed by atoms with E-state index in [0.717, 1.165) is 6.07 Å². The molecule has 0 fully saturated rings. The largest absolute Gasteiger partial charge is 0.418 e. The minimum Gasteiger partial charge on any atom is -0.314 e. The summed E-state index contributed by atoms with van der Waals surface area (Å²) in [6.45, 7) is 0. The number of hydrogen-bond acceptors (Lipinski definition) is 1. The van der Waals surface area contributed by atoms with Crippen molar-refractivity contribution in [3.63, 3.8) is 0 Å². The Bertz CT molecular complexity index is 543. The second-order valence-corrected chi connectivity index (χ2v) is 3.44. The van der Waals surface area contributed by atoms with Crippen LogP contribution in [0.1, 0.15) is 16.1 Å². The van der Waals surface area contributed by atoms with E-state index in [9.17, 15) is 18.0 Å². The Labute approximate surface area is 95.3 Å². The molecule has 0 aliphatic carbocycles. The molecule has 0 atom stereocenters. The zero-order valence-corrected chi connectivity index (χ0v) is 8.61. The topological polar surface area (TPSA) is 22.0 Å². The maximum Gasteiger partial charge on any atom is 0.418 e. The van der Waals surface area contributed by atoms with Gasteiger partial charge in [-0.2, -0.15) is 13.2 Å². The third kappa shape index (κ3) is 2.08. The maximum absolute atomic E-state index is 12.8. The van der Waals surface area contributed by atoms with E-state index in [1.807, 2.05) is 0 Å². The molecule has 0 unspecified atom stereocenters. The molecular weight excluding hydrogens is 231 g/mol. The van der Waals surface area contributed by atoms with E-state index in [4.69, 9.17) is 0 Å². The number of hydrogen-bond donors (Lipinski definition) is 0. The van der Waals surface area contributed by atoms with Crippen LogP contribution < -0.4 is 0 Å². The second-order valence-electron chi connectivity index (χ2n) is 3.44. The highest BCUT2D eigenvalue weighted by atomic mass is 19.4. The highest BCUT2D eigenvalue weighted by Gasteiger charge is 2.33. The Morgan fingerprint density at radius 2 is 1.76 bits per heavy atom. The number of rotatable bonds is 2. The average molecular weight is 239 g/mol. The molecular formula is C12H8F3NO. The molecule has 0 spiro atoms. The predicted molar refractivity (Wildman–Crippen MR) is 56.2 cm³/mol. The third-order valence-electron chi connectivity index (χ3n) is 2.37. The van der Waals surface area contributed by atoms with E-state index in [0.29, 0.717) is 6.29 Å². The number of halogens is 3. The maximum atomic E-state index is 12.8. The van der Waals surface area contributed by atoms with E-state index < -0.39 is 11.7 Å². The number of aldehydes is 1. The summed E-state index contributed by atoms with van der Waals surface area (Å²) >= 11 is 0. The standard InChI is InChI=1S/C12H8F3NO/c13-12(14,15)10-5-1-2-6-11(10)16-7-3-4-9(16)8-17/h1-8H. The van der Waals surface area contributed by atoms with Gasteiger partial charge in [-0.25, -0.2) is 0 Å². The summed E-state index contributed by atoms with van der Waals surface area (Å²) in [6.07, 6.45) is -2.50. The minimum atomic E-state index is -4.44. The van der Waals surface area contributed by atoms with Gasteiger partial charge in [-0.3, -0.25) is 4.79 Å². The molecule has 0 aliphatic rings. The highest BCUT2D eigenvalue weighted by Crippen LogP contribution is 2.33. The summed E-state index contributed by atoms with van der Waals surface area (Å²) in [6, 6.07) is 8.12. The molecule has 2 aromatic rings. The van der Waals surface area contributed by atoms with Gasteiger partial charge in [0.2, 0.25) is 0 Å². The predicted octanol–water partition coefficient (Wildman–Crippen LogP) is 3.31. The molecule has 1 heterocycles. The van der Waals surface area contributed by atoms with Gasteiger partial charge in [0.25, 0.3) is 0 Å². The first-order chi connectivity index (χ1) is 8.04. The lowest BCUT2D eigenvalue weighted by Crippen LogP contribution is -2.11. The normalized spacial score (nSPS) is 11.5. The number of carbonyl (C=O) groups excluding carboxylic acids is 1. The molecule has 0 aliphatic heterocycles. The average Bonchev–Trinajstić information content (AvgIpc) is 2.75. The van der Waals surface area contributed by atoms with E-state index in [-0.39, 0.29) is 11.4 Å². The molecule has 0 bridgehead atoms. The fourth-order valence-corrected chi connectivity index (χ4v) is 1.63. The van der Waals surface area contributed by atoms with Crippen LogP contribution in [0.2, 0.25) is 0 Å². The van der Waals surface area contributed by atoms with Crippen LogP contribution in [0.15, 0.2) is 42.6 Å². The molecule has 0 saturated heterocycles. The molecule has 5 heteroatoms. The fraction of sp³-hybridized carbons (Fsp3) is 0.0833. The first-order valence-corrected chi connectivity index (χ1v) is 4.83. The summed E-state index contributed by atoms with van der Waals surface area (Å²) in [5.74, 6) is 0. The molecule has 88 valence electrons. The van der Waals surface area contributed by atoms with Crippen LogP contribution >= 0.6 is 0 Å². The van der Waals surface area contributed by atoms with Crippen molar-refractivity contribution in [2.45, 2.75) is 6.18 Å². The van der Waals surface area contributed by atoms with Crippen LogP contribution in [0.4, 0.5) is 13.2 Å². The Balaban J connectivity index is 2.64. The quantitative estimate of drug-likeness (QED) is 0.737. The van der Waals surface area contributed by atoms with Crippen molar-refractivity contribution in [1.29, 1.82) is 0 Å². The van der Waals surface area contributed by atoms with Gasteiger partial charge in [0.05, 0.1) is 16.9 Å². The molecule has 0 amide bonds. The summed E-state index contributed by atoms with van der Waals surface area (Å²) in [7, 11) is 0. The molecule has 0 N–H and O–H groups in total. The molecule has 0 radical (unpaired) electrons. The number of nitrogens with zero attached hydrogens (tertiary/aromatic N) is 1. The molecule has 2 rings (SSSR count). The molecule has 1 aromatic carbocycles. The van der Waals surface area contributed by atoms with E-state index in [2.05, 4.69) is 0 Å². The van der Waals surface area contributed by atoms with Crippen molar-refractivity contribution < 1.29 is 18.0 Å². The number of para-hydroxylation sites is 1. The smallest absolute Gasteiger partial charge is 0.314 e. The minimum absolute atomic E-state index is 0.0490. The molecule has 17 heavy (non-hydrogen) atoms. The van der Waals surface area contributed by atoms with Gasteiger partial charge in [0, 0.05) is 6.20 Å². The fourth-order valence-electron chi connectivity index (χ4n) is 1.63. The van der Waals surface area contributed by atoms with Gasteiger partial charge < -0.3 is 4.57 Å². The van der Waals surface area contributed by atoms with Crippen LogP contribution in [-0.4, -0.2) is 10.9 Å². The van der Waals surface area contributed by atoms with E-state index in [1.165, 1.54) is 41.1 Å². The molecule has 1 aromatic heterocycles. The Morgan fingerprint density at radius 3 is 2.41 bits per heavy atom. The number of alkyl halides is 3. The van der Waals surface area contributed by atoms with Gasteiger partial charge in [-0.15, -0.1) is 0 Å². The lowest BCUT2D eigenvalue weighted by Gasteiger charge is -2.14. The van der Waals surface area contributed by atoms with Crippen LogP contribution in [0.25, 0.3) is 5.69 Å². The van der Waals surface area contributed by atoms with Crippen molar-refractivity contribution in [3.05, 3.63) is 53.9 Å². The van der Waals surface area contributed by atoms with Crippen LogP contribution in [0.5, 0.6) is 0 Å². The molecule has 0 saturated carbocycles. The first kappa shape index (κ1) is 11.4. The zero-order valence-electron chi connectivity index (χ0n) is 8.61. The van der Waals surface area contributed by atoms with Crippen molar-refractivity contribution in [1.82, 2.24) is 4.57 Å². The Morgan fingerprint density at radius 1 is 1.06 bits per heavy atom. The number of benzene rings is 1. The van der Waals surface area contributed by atoms with Crippen LogP contribution in [-0.2, 0) is 6.18 Å². The van der Waals surface area contributed by atoms with Crippen molar-refractivity contribution in [2.24, 2.45) is 0 Å². The first-order valence-electron chi connectivity index (χ1n) is 4.83.